The molecule has 0 radical (unpaired) electrons. The van der Waals surface area contributed by atoms with E-state index in [1.807, 2.05) is 30.0 Å². The number of piperidine rings is 1. The summed E-state index contributed by atoms with van der Waals surface area (Å²) in [5, 5.41) is 0.650. The van der Waals surface area contributed by atoms with Crippen molar-refractivity contribution in [2.45, 2.75) is 52.0 Å². The lowest BCUT2D eigenvalue weighted by Gasteiger charge is -2.36. The average molecular weight is 349 g/mol. The SMILES string of the molecule is CCC1CCCCN1C(=O)C1CC(=O)N(c2cccc(Cl)c2C)C1. The van der Waals surface area contributed by atoms with Crippen LogP contribution >= 0.6 is 11.6 Å². The summed E-state index contributed by atoms with van der Waals surface area (Å²) in [6, 6.07) is 5.92. The summed E-state index contributed by atoms with van der Waals surface area (Å²) >= 11 is 6.19. The van der Waals surface area contributed by atoms with Gasteiger partial charge in [-0.05, 0) is 50.3 Å². The second-order valence-electron chi connectivity index (χ2n) is 6.88. The van der Waals surface area contributed by atoms with Crippen LogP contribution in [0.4, 0.5) is 5.69 Å². The number of anilines is 1. The van der Waals surface area contributed by atoms with Crippen molar-refractivity contribution in [1.82, 2.24) is 4.90 Å². The molecule has 2 atom stereocenters. The van der Waals surface area contributed by atoms with Gasteiger partial charge in [0.1, 0.15) is 0 Å². The van der Waals surface area contributed by atoms with Gasteiger partial charge in [-0.1, -0.05) is 24.6 Å². The normalized spacial score (nSPS) is 24.5. The van der Waals surface area contributed by atoms with E-state index in [0.717, 1.165) is 37.1 Å². The molecule has 2 amide bonds. The Morgan fingerprint density at radius 1 is 1.33 bits per heavy atom. The number of rotatable bonds is 3. The fourth-order valence-corrected chi connectivity index (χ4v) is 4.11. The molecule has 1 aromatic carbocycles. The molecule has 0 aromatic heterocycles. The number of hydrogen-bond acceptors (Lipinski definition) is 2. The molecule has 2 aliphatic heterocycles. The molecule has 2 heterocycles. The molecule has 0 spiro atoms. The summed E-state index contributed by atoms with van der Waals surface area (Å²) in [5.41, 5.74) is 1.72. The number of hydrogen-bond donors (Lipinski definition) is 0. The Balaban J connectivity index is 1.77. The summed E-state index contributed by atoms with van der Waals surface area (Å²) < 4.78 is 0. The van der Waals surface area contributed by atoms with E-state index in [1.54, 1.807) is 4.90 Å². The highest BCUT2D eigenvalue weighted by Gasteiger charge is 2.39. The molecule has 0 aliphatic carbocycles. The third-order valence-corrected chi connectivity index (χ3v) is 5.80. The van der Waals surface area contributed by atoms with Crippen molar-refractivity contribution in [1.29, 1.82) is 0 Å². The number of carbonyl (C=O) groups is 2. The van der Waals surface area contributed by atoms with Gasteiger partial charge in [-0.25, -0.2) is 0 Å². The van der Waals surface area contributed by atoms with Crippen LogP contribution in [0.1, 0.15) is 44.6 Å². The van der Waals surface area contributed by atoms with Crippen LogP contribution in [0.25, 0.3) is 0 Å². The lowest BCUT2D eigenvalue weighted by Crippen LogP contribution is -2.46. The van der Waals surface area contributed by atoms with Crippen molar-refractivity contribution in [3.05, 3.63) is 28.8 Å². The van der Waals surface area contributed by atoms with Crippen molar-refractivity contribution in [2.75, 3.05) is 18.0 Å². The van der Waals surface area contributed by atoms with Crippen molar-refractivity contribution >= 4 is 29.1 Å². The molecule has 4 nitrogen and oxygen atoms in total. The minimum Gasteiger partial charge on any atom is -0.339 e. The fraction of sp³-hybridized carbons (Fsp3) is 0.579. The number of halogens is 1. The lowest BCUT2D eigenvalue weighted by atomic mass is 9.97. The Bertz CT molecular complexity index is 646. The monoisotopic (exact) mass is 348 g/mol. The Hall–Kier alpha value is -1.55. The summed E-state index contributed by atoms with van der Waals surface area (Å²) in [6.07, 6.45) is 4.64. The first kappa shape index (κ1) is 17.3. The lowest BCUT2D eigenvalue weighted by molar-refractivity contribution is -0.139. The molecule has 2 saturated heterocycles. The number of nitrogens with zero attached hydrogens (tertiary/aromatic N) is 2. The molecule has 130 valence electrons. The number of carbonyl (C=O) groups excluding carboxylic acids is 2. The summed E-state index contributed by atoms with van der Waals surface area (Å²) in [7, 11) is 0. The quantitative estimate of drug-likeness (QED) is 0.833. The molecule has 3 rings (SSSR count). The molecular formula is C19H25ClN2O2. The molecule has 24 heavy (non-hydrogen) atoms. The topological polar surface area (TPSA) is 40.6 Å². The van der Waals surface area contributed by atoms with Gasteiger partial charge in [0, 0.05) is 36.3 Å². The van der Waals surface area contributed by atoms with Gasteiger partial charge in [0.05, 0.1) is 5.92 Å². The highest BCUT2D eigenvalue weighted by Crippen LogP contribution is 2.33. The van der Waals surface area contributed by atoms with Crippen LogP contribution in [0, 0.1) is 12.8 Å². The van der Waals surface area contributed by atoms with Gasteiger partial charge < -0.3 is 9.80 Å². The highest BCUT2D eigenvalue weighted by molar-refractivity contribution is 6.31. The predicted molar refractivity (Wildman–Crippen MR) is 96.3 cm³/mol. The van der Waals surface area contributed by atoms with E-state index in [0.29, 0.717) is 24.0 Å². The second-order valence-corrected chi connectivity index (χ2v) is 7.29. The minimum absolute atomic E-state index is 0.0174. The maximum Gasteiger partial charge on any atom is 0.228 e. The molecule has 5 heteroatoms. The van der Waals surface area contributed by atoms with E-state index in [-0.39, 0.29) is 17.7 Å². The summed E-state index contributed by atoms with van der Waals surface area (Å²) in [6.45, 7) is 5.35. The average Bonchev–Trinajstić information content (AvgIpc) is 2.98. The zero-order valence-electron chi connectivity index (χ0n) is 14.4. The Labute approximate surface area is 148 Å². The number of amides is 2. The van der Waals surface area contributed by atoms with Crippen LogP contribution in [-0.4, -0.2) is 35.8 Å². The summed E-state index contributed by atoms with van der Waals surface area (Å²) in [4.78, 5) is 29.2. The third-order valence-electron chi connectivity index (χ3n) is 5.39. The molecule has 2 fully saturated rings. The van der Waals surface area contributed by atoms with Crippen LogP contribution < -0.4 is 4.90 Å². The van der Waals surface area contributed by atoms with Crippen LogP contribution in [0.3, 0.4) is 0 Å². The third kappa shape index (κ3) is 3.16. The smallest absolute Gasteiger partial charge is 0.228 e. The Morgan fingerprint density at radius 2 is 2.12 bits per heavy atom. The second kappa shape index (κ2) is 7.14. The van der Waals surface area contributed by atoms with E-state index in [9.17, 15) is 9.59 Å². The van der Waals surface area contributed by atoms with E-state index in [2.05, 4.69) is 6.92 Å². The van der Waals surface area contributed by atoms with Crippen molar-refractivity contribution < 1.29 is 9.59 Å². The van der Waals surface area contributed by atoms with E-state index in [1.165, 1.54) is 6.42 Å². The fourth-order valence-electron chi connectivity index (χ4n) is 3.94. The first-order valence-corrected chi connectivity index (χ1v) is 9.26. The first-order valence-electron chi connectivity index (χ1n) is 8.89. The van der Waals surface area contributed by atoms with Crippen molar-refractivity contribution in [3.63, 3.8) is 0 Å². The maximum atomic E-state index is 13.0. The largest absolute Gasteiger partial charge is 0.339 e. The van der Waals surface area contributed by atoms with Crippen LogP contribution in [0.15, 0.2) is 18.2 Å². The van der Waals surface area contributed by atoms with Gasteiger partial charge in [-0.15, -0.1) is 0 Å². The molecule has 2 unspecified atom stereocenters. The van der Waals surface area contributed by atoms with Gasteiger partial charge in [0.2, 0.25) is 11.8 Å². The molecule has 0 N–H and O–H groups in total. The maximum absolute atomic E-state index is 13.0. The highest BCUT2D eigenvalue weighted by atomic mass is 35.5. The zero-order chi connectivity index (χ0) is 17.3. The standard InChI is InChI=1S/C19H25ClN2O2/c1-3-15-7-4-5-10-21(15)19(24)14-11-18(23)22(12-14)17-9-6-8-16(20)13(17)2/h6,8-9,14-15H,3-5,7,10-12H2,1-2H3. The number of likely N-dealkylation sites (tertiary alicyclic amines) is 1. The van der Waals surface area contributed by atoms with Gasteiger partial charge in [-0.2, -0.15) is 0 Å². The molecule has 0 saturated carbocycles. The Morgan fingerprint density at radius 3 is 2.88 bits per heavy atom. The van der Waals surface area contributed by atoms with Crippen molar-refractivity contribution in [3.8, 4) is 0 Å². The van der Waals surface area contributed by atoms with E-state index in [4.69, 9.17) is 11.6 Å². The summed E-state index contributed by atoms with van der Waals surface area (Å²) in [5.74, 6) is -0.0658. The first-order chi connectivity index (χ1) is 11.5. The Kier molecular flexibility index (Phi) is 5.14. The van der Waals surface area contributed by atoms with Crippen LogP contribution in [0.2, 0.25) is 5.02 Å². The predicted octanol–water partition coefficient (Wildman–Crippen LogP) is 3.79. The molecular weight excluding hydrogens is 324 g/mol. The molecule has 2 aliphatic rings. The van der Waals surface area contributed by atoms with Gasteiger partial charge in [0.15, 0.2) is 0 Å². The van der Waals surface area contributed by atoms with E-state index < -0.39 is 0 Å². The van der Waals surface area contributed by atoms with Crippen LogP contribution in [0.5, 0.6) is 0 Å². The molecule has 0 bridgehead atoms. The van der Waals surface area contributed by atoms with Crippen molar-refractivity contribution in [2.24, 2.45) is 5.92 Å². The van der Waals surface area contributed by atoms with Gasteiger partial charge in [-0.3, -0.25) is 9.59 Å². The van der Waals surface area contributed by atoms with Gasteiger partial charge >= 0.3 is 0 Å². The molecule has 1 aromatic rings. The minimum atomic E-state index is -0.233. The zero-order valence-corrected chi connectivity index (χ0v) is 15.2. The van der Waals surface area contributed by atoms with E-state index >= 15 is 0 Å². The van der Waals surface area contributed by atoms with Gasteiger partial charge in [0.25, 0.3) is 0 Å². The van der Waals surface area contributed by atoms with Crippen LogP contribution in [-0.2, 0) is 9.59 Å². The number of benzene rings is 1.